The molecule has 0 saturated carbocycles. The van der Waals surface area contributed by atoms with Crippen molar-refractivity contribution in [1.82, 2.24) is 9.80 Å². The monoisotopic (exact) mass is 438 g/mol. The summed E-state index contributed by atoms with van der Waals surface area (Å²) in [6.45, 7) is 5.83. The summed E-state index contributed by atoms with van der Waals surface area (Å²) in [5, 5.41) is 9.60. The van der Waals surface area contributed by atoms with Gasteiger partial charge in [-0.3, -0.25) is 9.89 Å². The first-order valence-electron chi connectivity index (χ1n) is 10.5. The third-order valence-corrected chi connectivity index (χ3v) is 6.30. The predicted octanol–water partition coefficient (Wildman–Crippen LogP) is 3.15. The Kier molecular flexibility index (Phi) is 5.56. The van der Waals surface area contributed by atoms with Crippen LogP contribution in [0.2, 0.25) is 5.02 Å². The summed E-state index contributed by atoms with van der Waals surface area (Å²) in [5.41, 5.74) is 4.15. The number of aliphatic imine (C=N–C) groups is 1. The molecule has 2 aromatic carbocycles. The normalized spacial score (nSPS) is 19.7. The number of hydrogen-bond acceptors (Lipinski definition) is 6. The molecule has 0 aliphatic carbocycles. The second kappa shape index (κ2) is 8.49. The lowest BCUT2D eigenvalue weighted by atomic mass is 9.99. The van der Waals surface area contributed by atoms with Crippen LogP contribution in [-0.2, 0) is 0 Å². The van der Waals surface area contributed by atoms with E-state index in [1.54, 1.807) is 12.1 Å². The molecule has 0 aromatic heterocycles. The third-order valence-electron chi connectivity index (χ3n) is 5.97. The average molecular weight is 439 g/mol. The van der Waals surface area contributed by atoms with Crippen LogP contribution < -0.4 is 4.90 Å². The molecule has 3 aliphatic heterocycles. The summed E-state index contributed by atoms with van der Waals surface area (Å²) in [6, 6.07) is 12.4. The largest absolute Gasteiger partial charge is 0.320 e. The minimum absolute atomic E-state index is 0.290. The van der Waals surface area contributed by atoms with E-state index in [0.29, 0.717) is 18.1 Å². The van der Waals surface area contributed by atoms with E-state index in [-0.39, 0.29) is 5.82 Å². The summed E-state index contributed by atoms with van der Waals surface area (Å²) < 4.78 is 14.3. The average Bonchev–Trinajstić information content (AvgIpc) is 2.92. The Hall–Kier alpha value is -2.61. The van der Waals surface area contributed by atoms with Crippen molar-refractivity contribution in [1.29, 1.82) is 0 Å². The summed E-state index contributed by atoms with van der Waals surface area (Å²) in [6.07, 6.45) is 0. The highest BCUT2D eigenvalue weighted by atomic mass is 35.5. The molecular formula is C23H24ClFN6. The van der Waals surface area contributed by atoms with Crippen LogP contribution in [0.25, 0.3) is 0 Å². The third kappa shape index (κ3) is 4.13. The Balaban J connectivity index is 1.48. The minimum Gasteiger partial charge on any atom is -0.320 e. The zero-order valence-corrected chi connectivity index (χ0v) is 18.2. The van der Waals surface area contributed by atoms with E-state index >= 15 is 0 Å². The van der Waals surface area contributed by atoms with E-state index in [4.69, 9.17) is 16.6 Å². The molecule has 0 unspecified atom stereocenters. The van der Waals surface area contributed by atoms with Gasteiger partial charge in [-0.2, -0.15) is 5.10 Å². The van der Waals surface area contributed by atoms with Gasteiger partial charge in [0.15, 0.2) is 5.84 Å². The Morgan fingerprint density at radius 1 is 1.00 bits per heavy atom. The SMILES string of the molecule is CN1CCN(CC2=NN=C3CN=C(c4ccccc4Cl)c4ccc(F)cc4N3C2)CC1. The topological polar surface area (TPSA) is 46.8 Å². The highest BCUT2D eigenvalue weighted by Gasteiger charge is 2.29. The second-order valence-electron chi connectivity index (χ2n) is 8.15. The van der Waals surface area contributed by atoms with Gasteiger partial charge < -0.3 is 9.80 Å². The van der Waals surface area contributed by atoms with Gasteiger partial charge in [0, 0.05) is 48.9 Å². The van der Waals surface area contributed by atoms with Gasteiger partial charge in [-0.05, 0) is 31.3 Å². The summed E-state index contributed by atoms with van der Waals surface area (Å²) in [7, 11) is 2.14. The zero-order chi connectivity index (χ0) is 21.4. The summed E-state index contributed by atoms with van der Waals surface area (Å²) >= 11 is 6.47. The number of rotatable bonds is 3. The van der Waals surface area contributed by atoms with Crippen molar-refractivity contribution >= 4 is 34.5 Å². The maximum Gasteiger partial charge on any atom is 0.154 e. The quantitative estimate of drug-likeness (QED) is 0.739. The van der Waals surface area contributed by atoms with Gasteiger partial charge in [-0.25, -0.2) is 4.39 Å². The van der Waals surface area contributed by atoms with Crippen LogP contribution in [0.5, 0.6) is 0 Å². The lowest BCUT2D eigenvalue weighted by Crippen LogP contribution is -2.49. The molecule has 1 fully saturated rings. The Morgan fingerprint density at radius 2 is 1.81 bits per heavy atom. The van der Waals surface area contributed by atoms with E-state index < -0.39 is 0 Å². The maximum atomic E-state index is 14.3. The maximum absolute atomic E-state index is 14.3. The number of nitrogens with zero attached hydrogens (tertiary/aromatic N) is 6. The van der Waals surface area contributed by atoms with Gasteiger partial charge in [0.1, 0.15) is 5.82 Å². The van der Waals surface area contributed by atoms with Crippen molar-refractivity contribution in [3.05, 3.63) is 64.4 Å². The van der Waals surface area contributed by atoms with Gasteiger partial charge >= 0.3 is 0 Å². The molecule has 0 spiro atoms. The van der Waals surface area contributed by atoms with Crippen molar-refractivity contribution in [3.63, 3.8) is 0 Å². The van der Waals surface area contributed by atoms with Crippen molar-refractivity contribution in [2.24, 2.45) is 15.2 Å². The number of hydrogen-bond donors (Lipinski definition) is 0. The van der Waals surface area contributed by atoms with Crippen LogP contribution in [0.15, 0.2) is 57.7 Å². The molecule has 0 N–H and O–H groups in total. The number of benzene rings is 2. The van der Waals surface area contributed by atoms with E-state index in [1.165, 1.54) is 6.07 Å². The molecule has 3 aliphatic rings. The number of likely N-dealkylation sites (N-methyl/N-ethyl adjacent to an activating group) is 1. The number of halogens is 2. The smallest absolute Gasteiger partial charge is 0.154 e. The number of fused-ring (bicyclic) bond motifs is 3. The first kappa shape index (κ1) is 20.3. The Bertz CT molecular complexity index is 1090. The van der Waals surface area contributed by atoms with Crippen molar-refractivity contribution in [2.75, 3.05) is 57.8 Å². The minimum atomic E-state index is -0.290. The van der Waals surface area contributed by atoms with E-state index in [1.807, 2.05) is 29.2 Å². The van der Waals surface area contributed by atoms with Crippen LogP contribution >= 0.6 is 11.6 Å². The Labute approximate surface area is 186 Å². The molecule has 31 heavy (non-hydrogen) atoms. The van der Waals surface area contributed by atoms with Crippen LogP contribution in [0.1, 0.15) is 11.1 Å². The van der Waals surface area contributed by atoms with Gasteiger partial charge in [0.25, 0.3) is 0 Å². The molecule has 0 radical (unpaired) electrons. The van der Waals surface area contributed by atoms with E-state index in [2.05, 4.69) is 27.1 Å². The van der Waals surface area contributed by atoms with Crippen LogP contribution in [0.3, 0.4) is 0 Å². The fourth-order valence-corrected chi connectivity index (χ4v) is 4.45. The van der Waals surface area contributed by atoms with E-state index in [9.17, 15) is 4.39 Å². The Morgan fingerprint density at radius 3 is 2.61 bits per heavy atom. The molecule has 160 valence electrons. The number of amidine groups is 1. The van der Waals surface area contributed by atoms with Gasteiger partial charge in [-0.15, -0.1) is 5.10 Å². The second-order valence-corrected chi connectivity index (χ2v) is 8.56. The lowest BCUT2D eigenvalue weighted by molar-refractivity contribution is 0.170. The van der Waals surface area contributed by atoms with Crippen LogP contribution in [0, 0.1) is 5.82 Å². The van der Waals surface area contributed by atoms with Crippen molar-refractivity contribution in [2.45, 2.75) is 0 Å². The standard InChI is InChI=1S/C23H24ClFN6/c1-29-8-10-30(11-9-29)14-17-15-31-21-12-16(25)6-7-19(21)23(26-13-22(31)28-27-17)18-4-2-3-5-20(18)24/h2-7,12H,8-11,13-15H2,1H3. The molecule has 0 bridgehead atoms. The zero-order valence-electron chi connectivity index (χ0n) is 17.4. The molecular weight excluding hydrogens is 415 g/mol. The van der Waals surface area contributed by atoms with Crippen LogP contribution in [-0.4, -0.2) is 79.9 Å². The fourth-order valence-electron chi connectivity index (χ4n) is 4.22. The lowest BCUT2D eigenvalue weighted by Gasteiger charge is -2.34. The molecule has 8 heteroatoms. The molecule has 3 heterocycles. The van der Waals surface area contributed by atoms with Crippen molar-refractivity contribution < 1.29 is 4.39 Å². The first-order chi connectivity index (χ1) is 15.1. The van der Waals surface area contributed by atoms with Gasteiger partial charge in [-0.1, -0.05) is 29.8 Å². The van der Waals surface area contributed by atoms with E-state index in [0.717, 1.165) is 66.8 Å². The van der Waals surface area contributed by atoms with Gasteiger partial charge in [0.2, 0.25) is 0 Å². The summed E-state index contributed by atoms with van der Waals surface area (Å²) in [5.74, 6) is 0.428. The predicted molar refractivity (Wildman–Crippen MR) is 125 cm³/mol. The molecule has 1 saturated heterocycles. The molecule has 2 aromatic rings. The number of anilines is 1. The molecule has 5 rings (SSSR count). The summed E-state index contributed by atoms with van der Waals surface area (Å²) in [4.78, 5) is 11.6. The fraction of sp³-hybridized carbons (Fsp3) is 0.348. The van der Waals surface area contributed by atoms with Crippen molar-refractivity contribution in [3.8, 4) is 0 Å². The first-order valence-corrected chi connectivity index (χ1v) is 10.9. The highest BCUT2D eigenvalue weighted by Crippen LogP contribution is 2.31. The highest BCUT2D eigenvalue weighted by molar-refractivity contribution is 6.36. The van der Waals surface area contributed by atoms with Crippen LogP contribution in [0.4, 0.5) is 10.1 Å². The molecule has 6 nitrogen and oxygen atoms in total. The van der Waals surface area contributed by atoms with Gasteiger partial charge in [0.05, 0.1) is 30.2 Å². The molecule has 0 atom stereocenters. The number of piperazine rings is 1. The molecule has 0 amide bonds.